The van der Waals surface area contributed by atoms with Gasteiger partial charge in [-0.2, -0.15) is 4.31 Å². The Morgan fingerprint density at radius 3 is 2.64 bits per heavy atom. The SMILES string of the molecule is CCC1CN(Cc2cc(C(OCc3cn(CC)nn3)C(C)(C)C(=O)O)ccc2C)S(O)(O)c2ccccc2O1. The normalized spacial score (nSPS) is 19.0. The molecule has 212 valence electrons. The third-order valence-corrected chi connectivity index (χ3v) is 9.12. The molecule has 4 rings (SSSR count). The Kier molecular flexibility index (Phi) is 8.67. The lowest BCUT2D eigenvalue weighted by atomic mass is 9.81. The molecule has 0 bridgehead atoms. The number of carbonyl (C=O) groups is 1. The van der Waals surface area contributed by atoms with E-state index in [1.807, 2.05) is 45.0 Å². The van der Waals surface area contributed by atoms with Crippen molar-refractivity contribution in [2.45, 2.75) is 77.8 Å². The summed E-state index contributed by atoms with van der Waals surface area (Å²) in [6.45, 7) is 10.5. The predicted octanol–water partition coefficient (Wildman–Crippen LogP) is 5.67. The summed E-state index contributed by atoms with van der Waals surface area (Å²) in [5, 5.41) is 18.2. The quantitative estimate of drug-likeness (QED) is 0.288. The minimum absolute atomic E-state index is 0.101. The van der Waals surface area contributed by atoms with Gasteiger partial charge in [-0.15, -0.1) is 15.9 Å². The minimum Gasteiger partial charge on any atom is -0.487 e. The molecule has 0 radical (unpaired) electrons. The molecule has 39 heavy (non-hydrogen) atoms. The number of aryl methyl sites for hydroxylation is 2. The first-order chi connectivity index (χ1) is 18.5. The van der Waals surface area contributed by atoms with E-state index in [9.17, 15) is 19.0 Å². The summed E-state index contributed by atoms with van der Waals surface area (Å²) in [5.74, 6) is -0.512. The predicted molar refractivity (Wildman–Crippen MR) is 148 cm³/mol. The van der Waals surface area contributed by atoms with Crippen LogP contribution in [0, 0.1) is 12.3 Å². The van der Waals surface area contributed by atoms with Gasteiger partial charge in [0.1, 0.15) is 22.4 Å². The molecule has 0 amide bonds. The van der Waals surface area contributed by atoms with Crippen LogP contribution in [-0.2, 0) is 29.2 Å². The van der Waals surface area contributed by atoms with Crippen LogP contribution in [0.3, 0.4) is 0 Å². The van der Waals surface area contributed by atoms with Gasteiger partial charge in [-0.3, -0.25) is 18.6 Å². The number of nitrogens with zero attached hydrogens (tertiary/aromatic N) is 4. The first-order valence-electron chi connectivity index (χ1n) is 13.1. The molecule has 1 aliphatic rings. The van der Waals surface area contributed by atoms with Gasteiger partial charge in [0.2, 0.25) is 0 Å². The van der Waals surface area contributed by atoms with E-state index >= 15 is 0 Å². The first kappa shape index (κ1) is 29.0. The number of benzene rings is 2. The maximum Gasteiger partial charge on any atom is 0.312 e. The van der Waals surface area contributed by atoms with E-state index < -0.39 is 28.3 Å². The van der Waals surface area contributed by atoms with Crippen molar-refractivity contribution in [3.8, 4) is 5.75 Å². The molecule has 0 saturated carbocycles. The zero-order chi connectivity index (χ0) is 28.4. The summed E-state index contributed by atoms with van der Waals surface area (Å²) in [4.78, 5) is 12.6. The van der Waals surface area contributed by atoms with Gasteiger partial charge in [0, 0.05) is 13.1 Å². The Balaban J connectivity index is 1.67. The van der Waals surface area contributed by atoms with Crippen LogP contribution in [0.15, 0.2) is 53.6 Å². The number of carboxylic acid groups (broad SMARTS) is 1. The highest BCUT2D eigenvalue weighted by molar-refractivity contribution is 8.22. The Morgan fingerprint density at radius 2 is 1.97 bits per heavy atom. The topological polar surface area (TPSA) is 130 Å². The summed E-state index contributed by atoms with van der Waals surface area (Å²) in [5.41, 5.74) is 1.82. The summed E-state index contributed by atoms with van der Waals surface area (Å²) in [6.07, 6.45) is 1.46. The fraction of sp³-hybridized carbons (Fsp3) is 0.464. The Morgan fingerprint density at radius 1 is 1.23 bits per heavy atom. The van der Waals surface area contributed by atoms with Gasteiger partial charge in [-0.05, 0) is 62.9 Å². The summed E-state index contributed by atoms with van der Waals surface area (Å²) < 4.78 is 38.5. The third kappa shape index (κ3) is 6.12. The van der Waals surface area contributed by atoms with E-state index in [0.717, 1.165) is 11.1 Å². The van der Waals surface area contributed by atoms with Crippen LogP contribution >= 0.6 is 10.8 Å². The molecule has 3 N–H and O–H groups in total. The molecule has 3 aromatic rings. The van der Waals surface area contributed by atoms with E-state index in [-0.39, 0.29) is 19.3 Å². The van der Waals surface area contributed by atoms with E-state index in [0.29, 0.717) is 41.4 Å². The first-order valence-corrected chi connectivity index (χ1v) is 14.6. The van der Waals surface area contributed by atoms with Crippen molar-refractivity contribution in [2.24, 2.45) is 5.41 Å². The van der Waals surface area contributed by atoms with Gasteiger partial charge in [0.25, 0.3) is 0 Å². The van der Waals surface area contributed by atoms with Gasteiger partial charge in [-0.25, -0.2) is 0 Å². The van der Waals surface area contributed by atoms with E-state index in [1.54, 1.807) is 47.2 Å². The molecule has 1 aliphatic heterocycles. The van der Waals surface area contributed by atoms with Crippen molar-refractivity contribution in [3.05, 3.63) is 71.0 Å². The number of carboxylic acids is 1. The highest BCUT2D eigenvalue weighted by Gasteiger charge is 2.40. The van der Waals surface area contributed by atoms with Crippen LogP contribution in [0.2, 0.25) is 0 Å². The minimum atomic E-state index is -3.33. The average molecular weight is 559 g/mol. The number of aromatic nitrogens is 3. The number of para-hydroxylation sites is 1. The van der Waals surface area contributed by atoms with Crippen LogP contribution in [-0.4, -0.2) is 52.1 Å². The molecule has 0 spiro atoms. The lowest BCUT2D eigenvalue weighted by Crippen LogP contribution is -2.35. The molecule has 2 heterocycles. The number of aliphatic carboxylic acids is 1. The largest absolute Gasteiger partial charge is 0.487 e. The highest BCUT2D eigenvalue weighted by atomic mass is 32.3. The fourth-order valence-corrected chi connectivity index (χ4v) is 6.22. The van der Waals surface area contributed by atoms with Crippen LogP contribution < -0.4 is 4.74 Å². The zero-order valence-corrected chi connectivity index (χ0v) is 23.9. The van der Waals surface area contributed by atoms with Crippen molar-refractivity contribution in [1.29, 1.82) is 0 Å². The lowest BCUT2D eigenvalue weighted by molar-refractivity contribution is -0.158. The monoisotopic (exact) mass is 558 g/mol. The van der Waals surface area contributed by atoms with Gasteiger partial charge in [0.05, 0.1) is 30.9 Å². The second kappa shape index (κ2) is 11.6. The molecule has 11 heteroatoms. The maximum atomic E-state index is 12.3. The molecule has 0 aliphatic carbocycles. The van der Waals surface area contributed by atoms with Crippen LogP contribution in [0.5, 0.6) is 5.75 Å². The second-order valence-corrected chi connectivity index (χ2v) is 12.4. The number of ether oxygens (including phenoxy) is 2. The molecule has 2 unspecified atom stereocenters. The van der Waals surface area contributed by atoms with E-state index in [4.69, 9.17) is 9.47 Å². The molecule has 0 saturated heterocycles. The summed E-state index contributed by atoms with van der Waals surface area (Å²) in [6, 6.07) is 12.7. The van der Waals surface area contributed by atoms with Crippen LogP contribution in [0.4, 0.5) is 0 Å². The Hall–Kier alpha value is -2.96. The lowest BCUT2D eigenvalue weighted by Gasteiger charge is -2.42. The van der Waals surface area contributed by atoms with Gasteiger partial charge < -0.3 is 14.6 Å². The van der Waals surface area contributed by atoms with Crippen molar-refractivity contribution in [1.82, 2.24) is 19.3 Å². The summed E-state index contributed by atoms with van der Waals surface area (Å²) >= 11 is 0. The number of rotatable bonds is 10. The van der Waals surface area contributed by atoms with Crippen LogP contribution in [0.1, 0.15) is 62.6 Å². The van der Waals surface area contributed by atoms with E-state index in [2.05, 4.69) is 10.3 Å². The average Bonchev–Trinajstić information content (AvgIpc) is 3.33. The van der Waals surface area contributed by atoms with Crippen molar-refractivity contribution in [2.75, 3.05) is 6.54 Å². The van der Waals surface area contributed by atoms with Gasteiger partial charge in [0.15, 0.2) is 0 Å². The van der Waals surface area contributed by atoms with Crippen molar-refractivity contribution < 1.29 is 28.5 Å². The van der Waals surface area contributed by atoms with Gasteiger partial charge in [-0.1, -0.05) is 42.5 Å². The molecule has 0 fully saturated rings. The molecular formula is C28H38N4O6S. The van der Waals surface area contributed by atoms with Crippen molar-refractivity contribution in [3.63, 3.8) is 0 Å². The number of hydrogen-bond donors (Lipinski definition) is 3. The maximum absolute atomic E-state index is 12.3. The number of hydrogen-bond acceptors (Lipinski definition) is 8. The van der Waals surface area contributed by atoms with E-state index in [1.165, 1.54) is 0 Å². The zero-order valence-electron chi connectivity index (χ0n) is 23.1. The second-order valence-electron chi connectivity index (χ2n) is 10.4. The fourth-order valence-electron chi connectivity index (χ4n) is 4.60. The molecule has 2 atom stereocenters. The van der Waals surface area contributed by atoms with Gasteiger partial charge >= 0.3 is 5.97 Å². The highest BCUT2D eigenvalue weighted by Crippen LogP contribution is 2.57. The number of fused-ring (bicyclic) bond motifs is 1. The molecule has 1 aromatic heterocycles. The summed E-state index contributed by atoms with van der Waals surface area (Å²) in [7, 11) is -3.33. The van der Waals surface area contributed by atoms with Crippen molar-refractivity contribution >= 4 is 16.7 Å². The van der Waals surface area contributed by atoms with Crippen LogP contribution in [0.25, 0.3) is 0 Å². The third-order valence-electron chi connectivity index (χ3n) is 7.20. The standard InChI is InChI=1S/C28H38N4O6S/c1-6-23-17-32(39(35,36)25-11-9-8-10-24(25)38-23)15-21-14-20(13-12-19(21)3)26(28(4,5)27(33)34)37-18-22-16-31(7-2)30-29-22/h8-14,16,23,26,35-36H,6-7,15,17-18H2,1-5H3,(H,33,34). The smallest absolute Gasteiger partial charge is 0.312 e. The molecule has 2 aromatic carbocycles. The molecular weight excluding hydrogens is 520 g/mol. The molecule has 10 nitrogen and oxygen atoms in total. The Bertz CT molecular complexity index is 1310. The Labute approximate surface area is 231 Å².